The van der Waals surface area contributed by atoms with E-state index in [2.05, 4.69) is 26.6 Å². The van der Waals surface area contributed by atoms with E-state index in [9.17, 15) is 18.0 Å². The number of rotatable bonds is 4. The normalized spacial score (nSPS) is 11.1. The third kappa shape index (κ3) is 4.49. The van der Waals surface area contributed by atoms with Gasteiger partial charge in [0.1, 0.15) is 0 Å². The maximum absolute atomic E-state index is 12.8. The van der Waals surface area contributed by atoms with Gasteiger partial charge in [-0.25, -0.2) is 0 Å². The molecule has 0 saturated carbocycles. The molecule has 2 rings (SSSR count). The van der Waals surface area contributed by atoms with Gasteiger partial charge in [0.05, 0.1) is 17.8 Å². The van der Waals surface area contributed by atoms with Gasteiger partial charge in [0.2, 0.25) is 5.91 Å². The van der Waals surface area contributed by atoms with Crippen LogP contribution in [0.2, 0.25) is 0 Å². The van der Waals surface area contributed by atoms with Crippen molar-refractivity contribution in [1.29, 1.82) is 0 Å². The first-order valence-corrected chi connectivity index (χ1v) is 7.11. The Kier molecular flexibility index (Phi) is 5.07. The predicted molar refractivity (Wildman–Crippen MR) is 82.7 cm³/mol. The van der Waals surface area contributed by atoms with Crippen molar-refractivity contribution in [3.05, 3.63) is 58.6 Å². The lowest BCUT2D eigenvalue weighted by atomic mass is 10.1. The zero-order chi connectivity index (χ0) is 16.2. The summed E-state index contributed by atoms with van der Waals surface area (Å²) in [6, 6.07) is 12.0. The lowest BCUT2D eigenvalue weighted by Gasteiger charge is -2.14. The van der Waals surface area contributed by atoms with Crippen molar-refractivity contribution >= 4 is 33.2 Å². The second-order valence-electron chi connectivity index (χ2n) is 4.46. The van der Waals surface area contributed by atoms with Crippen LogP contribution in [0.25, 0.3) is 0 Å². The number of alkyl halides is 3. The number of para-hydroxylation sites is 1. The number of anilines is 2. The minimum absolute atomic E-state index is 0.136. The Bertz CT molecular complexity index is 674. The highest BCUT2D eigenvalue weighted by molar-refractivity contribution is 9.10. The van der Waals surface area contributed by atoms with Crippen molar-refractivity contribution in [2.45, 2.75) is 6.18 Å². The molecular formula is C15H12BrF3N2O. The zero-order valence-electron chi connectivity index (χ0n) is 11.2. The fourth-order valence-electron chi connectivity index (χ4n) is 1.81. The van der Waals surface area contributed by atoms with E-state index in [0.29, 0.717) is 5.69 Å². The first-order chi connectivity index (χ1) is 10.4. The summed E-state index contributed by atoms with van der Waals surface area (Å²) in [4.78, 5) is 11.8. The molecule has 0 aliphatic carbocycles. The van der Waals surface area contributed by atoms with Crippen molar-refractivity contribution in [3.8, 4) is 0 Å². The van der Waals surface area contributed by atoms with E-state index in [1.54, 1.807) is 18.2 Å². The van der Waals surface area contributed by atoms with Gasteiger partial charge in [-0.1, -0.05) is 34.1 Å². The van der Waals surface area contributed by atoms with Crippen molar-refractivity contribution in [2.75, 3.05) is 17.2 Å². The smallest absolute Gasteiger partial charge is 0.376 e. The molecule has 0 aliphatic heterocycles. The molecule has 0 unspecified atom stereocenters. The maximum Gasteiger partial charge on any atom is 0.418 e. The Morgan fingerprint density at radius 2 is 1.82 bits per heavy atom. The van der Waals surface area contributed by atoms with Gasteiger partial charge < -0.3 is 10.6 Å². The van der Waals surface area contributed by atoms with E-state index in [4.69, 9.17) is 0 Å². The molecule has 0 heterocycles. The minimum Gasteiger partial charge on any atom is -0.376 e. The Morgan fingerprint density at radius 1 is 1.09 bits per heavy atom. The van der Waals surface area contributed by atoms with Crippen LogP contribution in [0.4, 0.5) is 24.5 Å². The van der Waals surface area contributed by atoms with Gasteiger partial charge in [0, 0.05) is 10.2 Å². The van der Waals surface area contributed by atoms with Crippen LogP contribution >= 0.6 is 15.9 Å². The molecule has 2 N–H and O–H groups in total. The third-order valence-electron chi connectivity index (χ3n) is 2.78. The number of carbonyl (C=O) groups is 1. The molecule has 3 nitrogen and oxygen atoms in total. The fraction of sp³-hybridized carbons (Fsp3) is 0.133. The molecule has 22 heavy (non-hydrogen) atoms. The van der Waals surface area contributed by atoms with Crippen LogP contribution in [0.1, 0.15) is 5.56 Å². The topological polar surface area (TPSA) is 41.1 Å². The number of hydrogen-bond donors (Lipinski definition) is 2. The van der Waals surface area contributed by atoms with Gasteiger partial charge in [-0.3, -0.25) is 4.79 Å². The quantitative estimate of drug-likeness (QED) is 0.828. The molecule has 0 saturated heterocycles. The fourth-order valence-corrected chi connectivity index (χ4v) is 2.21. The highest BCUT2D eigenvalue weighted by Gasteiger charge is 2.33. The molecule has 116 valence electrons. The number of benzene rings is 2. The lowest BCUT2D eigenvalue weighted by Crippen LogP contribution is -2.23. The van der Waals surface area contributed by atoms with E-state index in [-0.39, 0.29) is 12.2 Å². The van der Waals surface area contributed by atoms with Crippen LogP contribution in [0.5, 0.6) is 0 Å². The number of carbonyl (C=O) groups excluding carboxylic acids is 1. The number of amides is 1. The molecule has 0 fully saturated rings. The molecule has 1 amide bonds. The molecule has 2 aromatic rings. The third-order valence-corrected chi connectivity index (χ3v) is 3.28. The van der Waals surface area contributed by atoms with E-state index in [1.807, 2.05) is 6.07 Å². The average Bonchev–Trinajstić information content (AvgIpc) is 2.45. The molecule has 0 spiro atoms. The monoisotopic (exact) mass is 372 g/mol. The Labute approximate surface area is 133 Å². The van der Waals surface area contributed by atoms with Gasteiger partial charge in [-0.2, -0.15) is 13.2 Å². The summed E-state index contributed by atoms with van der Waals surface area (Å²) in [5.74, 6) is -0.559. The van der Waals surface area contributed by atoms with E-state index in [1.165, 1.54) is 18.2 Å². The summed E-state index contributed by atoms with van der Waals surface area (Å²) >= 11 is 3.29. The standard InChI is InChI=1S/C15H12BrF3N2O/c16-10-4-3-5-11(8-10)20-9-14(22)21-13-7-2-1-6-12(13)15(17,18)19/h1-8,20H,9H2,(H,21,22). The Balaban J connectivity index is 2.01. The van der Waals surface area contributed by atoms with Crippen molar-refractivity contribution in [3.63, 3.8) is 0 Å². The van der Waals surface area contributed by atoms with Gasteiger partial charge in [0.15, 0.2) is 0 Å². The van der Waals surface area contributed by atoms with Gasteiger partial charge in [-0.15, -0.1) is 0 Å². The largest absolute Gasteiger partial charge is 0.418 e. The molecule has 0 aliphatic rings. The van der Waals surface area contributed by atoms with Crippen LogP contribution in [-0.4, -0.2) is 12.5 Å². The molecule has 0 bridgehead atoms. The lowest BCUT2D eigenvalue weighted by molar-refractivity contribution is -0.137. The van der Waals surface area contributed by atoms with Gasteiger partial charge in [0.25, 0.3) is 0 Å². The van der Waals surface area contributed by atoms with E-state index < -0.39 is 17.6 Å². The molecule has 0 aromatic heterocycles. The average molecular weight is 373 g/mol. The summed E-state index contributed by atoms with van der Waals surface area (Å²) in [5, 5.41) is 5.11. The van der Waals surface area contributed by atoms with Crippen LogP contribution in [0.3, 0.4) is 0 Å². The molecule has 0 atom stereocenters. The summed E-state index contributed by atoms with van der Waals surface area (Å²) < 4.78 is 39.3. The highest BCUT2D eigenvalue weighted by Crippen LogP contribution is 2.34. The molecule has 7 heteroatoms. The minimum atomic E-state index is -4.51. The predicted octanol–water partition coefficient (Wildman–Crippen LogP) is 4.52. The first kappa shape index (κ1) is 16.4. The second-order valence-corrected chi connectivity index (χ2v) is 5.37. The van der Waals surface area contributed by atoms with Gasteiger partial charge in [-0.05, 0) is 30.3 Å². The first-order valence-electron chi connectivity index (χ1n) is 6.32. The molecular weight excluding hydrogens is 361 g/mol. The number of halogens is 4. The van der Waals surface area contributed by atoms with Crippen molar-refractivity contribution < 1.29 is 18.0 Å². The zero-order valence-corrected chi connectivity index (χ0v) is 12.8. The van der Waals surface area contributed by atoms with Crippen LogP contribution in [0.15, 0.2) is 53.0 Å². The number of nitrogens with one attached hydrogen (secondary N) is 2. The second kappa shape index (κ2) is 6.83. The highest BCUT2D eigenvalue weighted by atomic mass is 79.9. The van der Waals surface area contributed by atoms with Crippen molar-refractivity contribution in [2.24, 2.45) is 0 Å². The van der Waals surface area contributed by atoms with E-state index in [0.717, 1.165) is 10.5 Å². The maximum atomic E-state index is 12.8. The summed E-state index contributed by atoms with van der Waals surface area (Å²) in [6.45, 7) is -0.136. The Hall–Kier alpha value is -2.02. The molecule has 2 aromatic carbocycles. The number of hydrogen-bond acceptors (Lipinski definition) is 2. The van der Waals surface area contributed by atoms with Crippen LogP contribution in [0, 0.1) is 0 Å². The summed E-state index contributed by atoms with van der Waals surface area (Å²) in [6.07, 6.45) is -4.51. The van der Waals surface area contributed by atoms with E-state index >= 15 is 0 Å². The van der Waals surface area contributed by atoms with Crippen molar-refractivity contribution in [1.82, 2.24) is 0 Å². The summed E-state index contributed by atoms with van der Waals surface area (Å²) in [5.41, 5.74) is -0.435. The SMILES string of the molecule is O=C(CNc1cccc(Br)c1)Nc1ccccc1C(F)(F)F. The summed E-state index contributed by atoms with van der Waals surface area (Å²) in [7, 11) is 0. The molecule has 0 radical (unpaired) electrons. The van der Waals surface area contributed by atoms with Crippen LogP contribution < -0.4 is 10.6 Å². The Morgan fingerprint density at radius 3 is 2.50 bits per heavy atom. The van der Waals surface area contributed by atoms with Crippen LogP contribution in [-0.2, 0) is 11.0 Å². The van der Waals surface area contributed by atoms with Gasteiger partial charge >= 0.3 is 6.18 Å².